The summed E-state index contributed by atoms with van der Waals surface area (Å²) in [6.45, 7) is 4.10. The van der Waals surface area contributed by atoms with Crippen molar-refractivity contribution < 1.29 is 23.2 Å². The summed E-state index contributed by atoms with van der Waals surface area (Å²) in [5.41, 5.74) is 3.38. The highest BCUT2D eigenvalue weighted by Crippen LogP contribution is 2.46. The molecule has 1 aliphatic carbocycles. The molecule has 3 aromatic rings. The summed E-state index contributed by atoms with van der Waals surface area (Å²) in [6.07, 6.45) is 3.85. The number of para-hydroxylation sites is 2. The predicted molar refractivity (Wildman–Crippen MR) is 188 cm³/mol. The lowest BCUT2D eigenvalue weighted by Crippen LogP contribution is -2.46. The molecule has 7 nitrogen and oxygen atoms in total. The van der Waals surface area contributed by atoms with Gasteiger partial charge in [0, 0.05) is 78.9 Å². The smallest absolute Gasteiger partial charge is 0.275 e. The van der Waals surface area contributed by atoms with Gasteiger partial charge in [0.1, 0.15) is 5.94 Å². The molecule has 6 rings (SSSR count). The minimum atomic E-state index is -3.31. The number of anilines is 2. The maximum absolute atomic E-state index is 16.0. The highest BCUT2D eigenvalue weighted by molar-refractivity contribution is 6.15. The van der Waals surface area contributed by atoms with E-state index < -0.39 is 30.2 Å². The van der Waals surface area contributed by atoms with E-state index in [9.17, 15) is 14.4 Å². The Balaban J connectivity index is 0.00000451. The number of piperazine rings is 1. The minimum absolute atomic E-state index is 0. The van der Waals surface area contributed by atoms with Gasteiger partial charge in [0.2, 0.25) is 5.91 Å². The van der Waals surface area contributed by atoms with Crippen molar-refractivity contribution in [3.8, 4) is 0 Å². The van der Waals surface area contributed by atoms with Crippen LogP contribution in [0.2, 0.25) is 0 Å². The Labute approximate surface area is 285 Å². The van der Waals surface area contributed by atoms with Crippen molar-refractivity contribution in [1.29, 1.82) is 0 Å². The first-order valence-corrected chi connectivity index (χ1v) is 15.7. The average molecular weight is 671 g/mol. The van der Waals surface area contributed by atoms with Crippen LogP contribution < -0.4 is 10.2 Å². The number of carbonyl (C=O) groups is 2. The molecule has 0 saturated carbocycles. The highest BCUT2D eigenvalue weighted by atomic mass is 35.5. The first kappa shape index (κ1) is 34.5. The zero-order valence-electron chi connectivity index (χ0n) is 26.8. The van der Waals surface area contributed by atoms with E-state index in [2.05, 4.69) is 16.2 Å². The summed E-state index contributed by atoms with van der Waals surface area (Å²) in [7, 11) is 1.96. The maximum atomic E-state index is 16.0. The molecule has 2 amide bonds. The number of likely N-dealkylation sites (N-methyl/N-ethyl adjacent to an activating group) is 1. The monoisotopic (exact) mass is 670 g/mol. The third-order valence-corrected chi connectivity index (χ3v) is 8.99. The van der Waals surface area contributed by atoms with Crippen molar-refractivity contribution in [3.05, 3.63) is 125 Å². The fourth-order valence-electron chi connectivity index (χ4n) is 6.35. The second kappa shape index (κ2) is 14.5. The number of allylic oxidation sites excluding steroid dienone is 1. The molecule has 0 spiro atoms. The van der Waals surface area contributed by atoms with Crippen LogP contribution in [0.5, 0.6) is 0 Å². The van der Waals surface area contributed by atoms with Crippen LogP contribution in [-0.4, -0.2) is 79.3 Å². The van der Waals surface area contributed by atoms with E-state index in [-0.39, 0.29) is 41.2 Å². The number of carbonyl (C=O) groups excluding carboxylic acids is 3. The van der Waals surface area contributed by atoms with Crippen molar-refractivity contribution in [2.75, 3.05) is 50.0 Å². The number of benzene rings is 3. The van der Waals surface area contributed by atoms with Gasteiger partial charge < -0.3 is 20.0 Å². The van der Waals surface area contributed by atoms with E-state index in [0.717, 1.165) is 11.6 Å². The van der Waals surface area contributed by atoms with Gasteiger partial charge in [0.25, 0.3) is 11.8 Å². The maximum Gasteiger partial charge on any atom is 0.275 e. The van der Waals surface area contributed by atoms with Gasteiger partial charge in [-0.25, -0.2) is 13.6 Å². The van der Waals surface area contributed by atoms with E-state index in [1.165, 1.54) is 0 Å². The number of aryl methyl sites for hydroxylation is 1. The second-order valence-electron chi connectivity index (χ2n) is 12.1. The van der Waals surface area contributed by atoms with Crippen molar-refractivity contribution in [2.45, 2.75) is 25.3 Å². The molecule has 1 atom stereocenters. The molecule has 248 valence electrons. The largest absolute Gasteiger partial charge is 0.359 e. The van der Waals surface area contributed by atoms with Gasteiger partial charge in [-0.15, -0.1) is 12.4 Å². The van der Waals surface area contributed by atoms with E-state index in [1.807, 2.05) is 56.4 Å². The van der Waals surface area contributed by atoms with Crippen LogP contribution >= 0.6 is 12.4 Å². The molecule has 3 aliphatic rings. The number of hydrogen-bond acceptors (Lipinski definition) is 5. The normalized spacial score (nSPS) is 20.0. The van der Waals surface area contributed by atoms with Crippen LogP contribution in [0.25, 0.3) is 11.1 Å². The topological polar surface area (TPSA) is 73.0 Å². The highest BCUT2D eigenvalue weighted by Gasteiger charge is 2.43. The number of nitrogens with one attached hydrogen (secondary N) is 1. The summed E-state index contributed by atoms with van der Waals surface area (Å²) >= 11 is 0. The SMILES string of the molecule is Cc1ccc(C2=C(C(=O)Nc3ccccc3)C=CC(N3CCC(F)(F)C(=CC(=O)N4CCN(C)CC4)c4ccccc43)C2=C=O)cc1.Cl. The van der Waals surface area contributed by atoms with Gasteiger partial charge in [-0.2, -0.15) is 0 Å². The Morgan fingerprint density at radius 2 is 1.58 bits per heavy atom. The third-order valence-electron chi connectivity index (χ3n) is 8.99. The number of hydrogen-bond donors (Lipinski definition) is 1. The number of rotatable bonds is 5. The summed E-state index contributed by atoms with van der Waals surface area (Å²) < 4.78 is 32.1. The molecule has 3 aromatic carbocycles. The zero-order valence-corrected chi connectivity index (χ0v) is 27.6. The number of amides is 2. The summed E-state index contributed by atoms with van der Waals surface area (Å²) in [5.74, 6) is -2.07. The minimum Gasteiger partial charge on any atom is -0.359 e. The predicted octanol–water partition coefficient (Wildman–Crippen LogP) is 6.21. The van der Waals surface area contributed by atoms with Crippen LogP contribution in [0.4, 0.5) is 20.2 Å². The van der Waals surface area contributed by atoms with Gasteiger partial charge in [-0.05, 0) is 37.7 Å². The molecule has 48 heavy (non-hydrogen) atoms. The van der Waals surface area contributed by atoms with Crippen LogP contribution in [-0.2, 0) is 14.4 Å². The molecule has 0 aromatic heterocycles. The summed E-state index contributed by atoms with van der Waals surface area (Å²) in [6, 6.07) is 22.4. The molecule has 1 fully saturated rings. The fourth-order valence-corrected chi connectivity index (χ4v) is 6.35. The lowest BCUT2D eigenvalue weighted by Gasteiger charge is -2.35. The summed E-state index contributed by atoms with van der Waals surface area (Å²) in [5, 5.41) is 2.90. The molecular formula is C38H37ClF2N4O3. The lowest BCUT2D eigenvalue weighted by molar-refractivity contribution is -0.127. The van der Waals surface area contributed by atoms with E-state index in [4.69, 9.17) is 0 Å². The van der Waals surface area contributed by atoms with Crippen LogP contribution in [0.15, 0.2) is 108 Å². The van der Waals surface area contributed by atoms with Gasteiger partial charge in [-0.3, -0.25) is 9.59 Å². The van der Waals surface area contributed by atoms with Gasteiger partial charge in [0.15, 0.2) is 0 Å². The van der Waals surface area contributed by atoms with Gasteiger partial charge >= 0.3 is 0 Å². The standard InChI is InChI=1S/C38H36F2N4O3.ClH/c1-26-12-14-27(15-13-26)36-30(37(47)41-28-8-4-3-5-9-28)16-17-34(31(36)25-45)44-19-18-38(39,40)32(29-10-6-7-11-33(29)44)24-35(46)43-22-20-42(2)21-23-43;/h3-17,24,34H,18-23H2,1-2H3,(H,41,47);1H. The third kappa shape index (κ3) is 7.04. The molecule has 1 N–H and O–H groups in total. The van der Waals surface area contributed by atoms with E-state index >= 15 is 8.78 Å². The van der Waals surface area contributed by atoms with Gasteiger partial charge in [0.05, 0.1) is 11.6 Å². The Bertz CT molecular complexity index is 1820. The molecule has 2 aliphatic heterocycles. The molecule has 10 heteroatoms. The van der Waals surface area contributed by atoms with Gasteiger partial charge in [-0.1, -0.05) is 78.4 Å². The molecule has 0 bridgehead atoms. The van der Waals surface area contributed by atoms with Crippen molar-refractivity contribution in [2.24, 2.45) is 0 Å². The van der Waals surface area contributed by atoms with Crippen LogP contribution in [0.1, 0.15) is 23.1 Å². The Kier molecular flexibility index (Phi) is 10.4. The van der Waals surface area contributed by atoms with Crippen LogP contribution in [0, 0.1) is 6.92 Å². The number of fused-ring (bicyclic) bond motifs is 1. The van der Waals surface area contributed by atoms with Crippen molar-refractivity contribution in [1.82, 2.24) is 9.80 Å². The first-order valence-electron chi connectivity index (χ1n) is 15.7. The average Bonchev–Trinajstić information content (AvgIpc) is 3.18. The quantitative estimate of drug-likeness (QED) is 0.258. The van der Waals surface area contributed by atoms with Crippen LogP contribution in [0.3, 0.4) is 0 Å². The molecule has 0 radical (unpaired) electrons. The van der Waals surface area contributed by atoms with E-state index in [1.54, 1.807) is 58.4 Å². The Morgan fingerprint density at radius 3 is 2.27 bits per heavy atom. The number of nitrogens with zero attached hydrogens (tertiary/aromatic N) is 3. The Hall–Kier alpha value is -4.82. The Morgan fingerprint density at radius 1 is 0.917 bits per heavy atom. The van der Waals surface area contributed by atoms with Crippen molar-refractivity contribution >= 4 is 52.7 Å². The number of alkyl halides is 2. The fraction of sp³-hybridized carbons (Fsp3) is 0.263. The molecule has 1 unspecified atom stereocenters. The van der Waals surface area contributed by atoms with Crippen molar-refractivity contribution in [3.63, 3.8) is 0 Å². The molecule has 1 saturated heterocycles. The first-order chi connectivity index (χ1) is 22.7. The van der Waals surface area contributed by atoms with E-state index in [0.29, 0.717) is 48.7 Å². The number of halogens is 3. The second-order valence-corrected chi connectivity index (χ2v) is 12.1. The molecule has 2 heterocycles. The summed E-state index contributed by atoms with van der Waals surface area (Å²) in [4.78, 5) is 45.3. The zero-order chi connectivity index (χ0) is 33.1. The molecular weight excluding hydrogens is 634 g/mol. The lowest BCUT2D eigenvalue weighted by atomic mass is 9.83.